The van der Waals surface area contributed by atoms with Crippen molar-refractivity contribution in [3.05, 3.63) is 0 Å². The van der Waals surface area contributed by atoms with Gasteiger partial charge in [0.25, 0.3) is 0 Å². The topological polar surface area (TPSA) is 95.5 Å². The van der Waals surface area contributed by atoms with E-state index in [0.29, 0.717) is 0 Å². The van der Waals surface area contributed by atoms with Crippen molar-refractivity contribution in [2.45, 2.75) is 64.5 Å². The molecule has 0 aromatic rings. The number of hydrogen-bond acceptors (Lipinski definition) is 3. The number of carboxylic acids is 1. The molecule has 0 saturated heterocycles. The van der Waals surface area contributed by atoms with Gasteiger partial charge in [0, 0.05) is 24.4 Å². The highest BCUT2D eigenvalue weighted by Gasteiger charge is 2.24. The van der Waals surface area contributed by atoms with Gasteiger partial charge in [-0.3, -0.25) is 14.4 Å². The van der Waals surface area contributed by atoms with Crippen molar-refractivity contribution >= 4 is 17.8 Å². The molecule has 20 heavy (non-hydrogen) atoms. The Hall–Kier alpha value is -1.59. The molecule has 1 saturated carbocycles. The number of hydrogen-bond donors (Lipinski definition) is 3. The molecule has 2 atom stereocenters. The molecule has 1 aliphatic rings. The Morgan fingerprint density at radius 3 is 2.15 bits per heavy atom. The molecule has 0 aromatic carbocycles. The summed E-state index contributed by atoms with van der Waals surface area (Å²) in [5.41, 5.74) is 0. The van der Waals surface area contributed by atoms with Crippen LogP contribution in [0.1, 0.15) is 52.4 Å². The smallest absolute Gasteiger partial charge is 0.305 e. The maximum atomic E-state index is 11.9. The molecule has 6 nitrogen and oxygen atoms in total. The second kappa shape index (κ2) is 7.87. The van der Waals surface area contributed by atoms with Crippen molar-refractivity contribution in [2.24, 2.45) is 5.92 Å². The molecule has 0 aliphatic heterocycles. The Kier molecular flexibility index (Phi) is 6.48. The van der Waals surface area contributed by atoms with Crippen molar-refractivity contribution in [3.8, 4) is 0 Å². The minimum Gasteiger partial charge on any atom is -0.481 e. The van der Waals surface area contributed by atoms with Crippen LogP contribution in [0.2, 0.25) is 0 Å². The maximum Gasteiger partial charge on any atom is 0.305 e. The molecule has 2 unspecified atom stereocenters. The minimum absolute atomic E-state index is 0.0291. The third-order valence-electron chi connectivity index (χ3n) is 3.49. The summed E-state index contributed by atoms with van der Waals surface area (Å²) < 4.78 is 0. The summed E-state index contributed by atoms with van der Waals surface area (Å²) in [6, 6.07) is -0.641. The molecule has 0 spiro atoms. The van der Waals surface area contributed by atoms with E-state index in [1.807, 2.05) is 0 Å². The summed E-state index contributed by atoms with van der Waals surface area (Å²) in [5, 5.41) is 14.1. The predicted molar refractivity (Wildman–Crippen MR) is 74.0 cm³/mol. The third-order valence-corrected chi connectivity index (χ3v) is 3.49. The Morgan fingerprint density at radius 1 is 1.05 bits per heavy atom. The molecule has 1 fully saturated rings. The first-order chi connectivity index (χ1) is 9.38. The number of carbonyl (C=O) groups excluding carboxylic acids is 2. The largest absolute Gasteiger partial charge is 0.481 e. The van der Waals surface area contributed by atoms with Crippen LogP contribution in [-0.4, -0.2) is 35.0 Å². The van der Waals surface area contributed by atoms with Crippen LogP contribution < -0.4 is 10.6 Å². The molecule has 3 N–H and O–H groups in total. The monoisotopic (exact) mass is 284 g/mol. The van der Waals surface area contributed by atoms with Gasteiger partial charge in [-0.25, -0.2) is 0 Å². The minimum atomic E-state index is -0.944. The first kappa shape index (κ1) is 16.5. The maximum absolute atomic E-state index is 11.9. The van der Waals surface area contributed by atoms with Gasteiger partial charge in [0.15, 0.2) is 0 Å². The van der Waals surface area contributed by atoms with Crippen molar-refractivity contribution in [1.29, 1.82) is 0 Å². The number of carboxylic acid groups (broad SMARTS) is 1. The van der Waals surface area contributed by atoms with Gasteiger partial charge in [-0.2, -0.15) is 0 Å². The lowest BCUT2D eigenvalue weighted by Crippen LogP contribution is -2.41. The second-order valence-electron chi connectivity index (χ2n) is 5.66. The highest BCUT2D eigenvalue weighted by atomic mass is 16.4. The van der Waals surface area contributed by atoms with Crippen LogP contribution in [0.15, 0.2) is 0 Å². The SMILES string of the molecule is CC(CC(=O)O)NC(=O)CC(C)NC(=O)C1CCCC1. The quantitative estimate of drug-likeness (QED) is 0.651. The van der Waals surface area contributed by atoms with E-state index in [-0.39, 0.29) is 36.6 Å². The van der Waals surface area contributed by atoms with Crippen LogP contribution in [0, 0.1) is 5.92 Å². The molecule has 0 heterocycles. The van der Waals surface area contributed by atoms with Crippen molar-refractivity contribution < 1.29 is 19.5 Å². The lowest BCUT2D eigenvalue weighted by molar-refractivity contribution is -0.137. The Balaban J connectivity index is 2.26. The van der Waals surface area contributed by atoms with E-state index in [1.54, 1.807) is 13.8 Å². The van der Waals surface area contributed by atoms with Crippen LogP contribution in [-0.2, 0) is 14.4 Å². The van der Waals surface area contributed by atoms with Gasteiger partial charge in [-0.05, 0) is 26.7 Å². The molecule has 0 bridgehead atoms. The van der Waals surface area contributed by atoms with Crippen molar-refractivity contribution in [1.82, 2.24) is 10.6 Å². The fourth-order valence-electron chi connectivity index (χ4n) is 2.52. The zero-order valence-electron chi connectivity index (χ0n) is 12.1. The molecular formula is C14H24N2O4. The van der Waals surface area contributed by atoms with Crippen LogP contribution in [0.3, 0.4) is 0 Å². The van der Waals surface area contributed by atoms with E-state index in [9.17, 15) is 14.4 Å². The summed E-state index contributed by atoms with van der Waals surface area (Å²) in [5.74, 6) is -1.06. The third kappa shape index (κ3) is 6.04. The number of carbonyl (C=O) groups is 3. The fourth-order valence-corrected chi connectivity index (χ4v) is 2.52. The average Bonchev–Trinajstić information content (AvgIpc) is 2.79. The summed E-state index contributed by atoms with van der Waals surface area (Å²) in [6.45, 7) is 3.43. The van der Waals surface area contributed by atoms with Crippen molar-refractivity contribution in [2.75, 3.05) is 0 Å². The highest BCUT2D eigenvalue weighted by Crippen LogP contribution is 2.24. The standard InChI is InChI=1S/C14H24N2O4/c1-9(16-14(20)11-5-3-4-6-11)7-12(17)15-10(2)8-13(18)19/h9-11H,3-8H2,1-2H3,(H,15,17)(H,16,20)(H,18,19). The zero-order valence-corrected chi connectivity index (χ0v) is 12.1. The fraction of sp³-hybridized carbons (Fsp3) is 0.786. The molecule has 0 radical (unpaired) electrons. The lowest BCUT2D eigenvalue weighted by Gasteiger charge is -2.18. The summed E-state index contributed by atoms with van der Waals surface area (Å²) in [6.07, 6.45) is 4.12. The average molecular weight is 284 g/mol. The van der Waals surface area contributed by atoms with Crippen LogP contribution >= 0.6 is 0 Å². The van der Waals surface area contributed by atoms with Gasteiger partial charge in [0.2, 0.25) is 11.8 Å². The van der Waals surface area contributed by atoms with Gasteiger partial charge in [0.1, 0.15) is 0 Å². The second-order valence-corrected chi connectivity index (χ2v) is 5.66. The Bertz CT molecular complexity index is 364. The molecule has 0 aromatic heterocycles. The molecule has 1 rings (SSSR count). The lowest BCUT2D eigenvalue weighted by atomic mass is 10.1. The summed E-state index contributed by atoms with van der Waals surface area (Å²) in [7, 11) is 0. The molecular weight excluding hydrogens is 260 g/mol. The van der Waals surface area contributed by atoms with E-state index in [1.165, 1.54) is 0 Å². The highest BCUT2D eigenvalue weighted by molar-refractivity contribution is 5.81. The van der Waals surface area contributed by atoms with Crippen LogP contribution in [0.25, 0.3) is 0 Å². The first-order valence-electron chi connectivity index (χ1n) is 7.20. The number of amides is 2. The van der Waals surface area contributed by atoms with E-state index < -0.39 is 12.0 Å². The molecule has 2 amide bonds. The van der Waals surface area contributed by atoms with Crippen LogP contribution in [0.4, 0.5) is 0 Å². The molecule has 114 valence electrons. The van der Waals surface area contributed by atoms with E-state index >= 15 is 0 Å². The van der Waals surface area contributed by atoms with Gasteiger partial charge in [-0.15, -0.1) is 0 Å². The summed E-state index contributed by atoms with van der Waals surface area (Å²) >= 11 is 0. The number of nitrogens with one attached hydrogen (secondary N) is 2. The van der Waals surface area contributed by atoms with E-state index in [2.05, 4.69) is 10.6 Å². The number of rotatable bonds is 7. The first-order valence-corrected chi connectivity index (χ1v) is 7.20. The van der Waals surface area contributed by atoms with Gasteiger partial charge >= 0.3 is 5.97 Å². The summed E-state index contributed by atoms with van der Waals surface area (Å²) in [4.78, 5) is 34.1. The molecule has 1 aliphatic carbocycles. The van der Waals surface area contributed by atoms with Gasteiger partial charge in [-0.1, -0.05) is 12.8 Å². The predicted octanol–water partition coefficient (Wildman–Crippen LogP) is 1.05. The van der Waals surface area contributed by atoms with E-state index in [4.69, 9.17) is 5.11 Å². The molecule has 6 heteroatoms. The Labute approximate surface area is 119 Å². The van der Waals surface area contributed by atoms with Crippen molar-refractivity contribution in [3.63, 3.8) is 0 Å². The van der Waals surface area contributed by atoms with E-state index in [0.717, 1.165) is 25.7 Å². The number of aliphatic carboxylic acids is 1. The van der Waals surface area contributed by atoms with Crippen LogP contribution in [0.5, 0.6) is 0 Å². The zero-order chi connectivity index (χ0) is 15.1. The van der Waals surface area contributed by atoms with Gasteiger partial charge < -0.3 is 15.7 Å². The normalized spacial score (nSPS) is 18.3. The Morgan fingerprint density at radius 2 is 1.60 bits per heavy atom. The van der Waals surface area contributed by atoms with Gasteiger partial charge in [0.05, 0.1) is 6.42 Å².